The summed E-state index contributed by atoms with van der Waals surface area (Å²) in [5, 5.41) is 12.2. The number of aromatic nitrogens is 3. The fourth-order valence-electron chi connectivity index (χ4n) is 3.48. The first kappa shape index (κ1) is 16.3. The van der Waals surface area contributed by atoms with Crippen molar-refractivity contribution in [2.75, 3.05) is 25.0 Å². The van der Waals surface area contributed by atoms with E-state index < -0.39 is 0 Å². The smallest absolute Gasteiger partial charge is 0.228 e. The van der Waals surface area contributed by atoms with Crippen LogP contribution in [0.5, 0.6) is 0 Å². The Labute approximate surface area is 136 Å². The zero-order chi connectivity index (χ0) is 12.8. The second-order valence-corrected chi connectivity index (χ2v) is 5.76. The van der Waals surface area contributed by atoms with Crippen molar-refractivity contribution >= 4 is 36.3 Å². The van der Waals surface area contributed by atoms with Crippen molar-refractivity contribution in [2.24, 2.45) is 5.92 Å². The van der Waals surface area contributed by atoms with E-state index in [2.05, 4.69) is 37.1 Å². The van der Waals surface area contributed by atoms with Gasteiger partial charge in [-0.05, 0) is 50.9 Å². The Morgan fingerprint density at radius 3 is 2.62 bits per heavy atom. The fourth-order valence-corrected chi connectivity index (χ4v) is 3.48. The number of aryl methyl sites for hydroxylation is 1. The molecule has 3 fully saturated rings. The lowest BCUT2D eigenvalue weighted by Crippen LogP contribution is -2.53. The van der Waals surface area contributed by atoms with Crippen LogP contribution in [0.2, 0.25) is 0 Å². The lowest BCUT2D eigenvalue weighted by Gasteiger charge is -2.45. The minimum absolute atomic E-state index is 0. The van der Waals surface area contributed by atoms with E-state index in [0.717, 1.165) is 29.6 Å². The zero-order valence-electron chi connectivity index (χ0n) is 12.0. The average Bonchev–Trinajstić information content (AvgIpc) is 2.94. The molecule has 116 valence electrons. The van der Waals surface area contributed by atoms with Gasteiger partial charge in [-0.1, -0.05) is 0 Å². The summed E-state index contributed by atoms with van der Waals surface area (Å²) in [6.07, 6.45) is 4.68. The van der Waals surface area contributed by atoms with Gasteiger partial charge >= 0.3 is 0 Å². The first-order chi connectivity index (χ1) is 9.31. The molecule has 0 aromatic carbocycles. The normalized spacial score (nSPS) is 27.0. The highest BCUT2D eigenvalue weighted by atomic mass is 35.5. The molecule has 5 nitrogen and oxygen atoms in total. The standard InChI is InChI=1S/C14H19N5.2ClH/c1-10-13-3-2-6-19(13)14(17-16-10)15-12-9-18-7-4-11(12)5-8-18;;/h2-3,6,11-12H,4-5,7-9H2,1H3,(H,15,17);2*1H. The molecule has 0 saturated carbocycles. The van der Waals surface area contributed by atoms with Crippen LogP contribution >= 0.6 is 24.8 Å². The Balaban J connectivity index is 0.000000807. The number of anilines is 1. The Morgan fingerprint density at radius 2 is 1.95 bits per heavy atom. The second-order valence-electron chi connectivity index (χ2n) is 5.76. The van der Waals surface area contributed by atoms with Crippen LogP contribution in [0.3, 0.4) is 0 Å². The van der Waals surface area contributed by atoms with E-state index in [4.69, 9.17) is 0 Å². The molecule has 5 rings (SSSR count). The maximum atomic E-state index is 4.34. The van der Waals surface area contributed by atoms with Crippen molar-refractivity contribution in [3.63, 3.8) is 0 Å². The van der Waals surface area contributed by atoms with E-state index in [1.165, 1.54) is 25.9 Å². The van der Waals surface area contributed by atoms with Crippen LogP contribution < -0.4 is 5.32 Å². The van der Waals surface area contributed by atoms with E-state index in [0.29, 0.717) is 6.04 Å². The van der Waals surface area contributed by atoms with Crippen LogP contribution in [0.15, 0.2) is 18.3 Å². The third-order valence-corrected chi connectivity index (χ3v) is 4.61. The SMILES string of the molecule is Cc1nnc(NC2CN3CCC2CC3)n2cccc12.Cl.Cl. The number of nitrogens with zero attached hydrogens (tertiary/aromatic N) is 4. The first-order valence-electron chi connectivity index (χ1n) is 7.10. The number of hydrogen-bond acceptors (Lipinski definition) is 4. The molecule has 3 aliphatic rings. The molecular formula is C14H21Cl2N5. The third kappa shape index (κ3) is 2.82. The van der Waals surface area contributed by atoms with Gasteiger partial charge in [0.15, 0.2) is 0 Å². The van der Waals surface area contributed by atoms with Gasteiger partial charge in [0.05, 0.1) is 11.2 Å². The number of piperidine rings is 3. The molecule has 7 heteroatoms. The highest BCUT2D eigenvalue weighted by Gasteiger charge is 2.34. The Bertz CT molecular complexity index is 606. The molecule has 0 radical (unpaired) electrons. The van der Waals surface area contributed by atoms with Crippen molar-refractivity contribution in [2.45, 2.75) is 25.8 Å². The Morgan fingerprint density at radius 1 is 1.19 bits per heavy atom. The number of fused-ring (bicyclic) bond motifs is 4. The lowest BCUT2D eigenvalue weighted by molar-refractivity contribution is 0.0971. The van der Waals surface area contributed by atoms with Gasteiger partial charge in [0, 0.05) is 18.8 Å². The molecule has 0 aliphatic carbocycles. The van der Waals surface area contributed by atoms with Gasteiger partial charge < -0.3 is 10.2 Å². The number of nitrogens with one attached hydrogen (secondary N) is 1. The minimum Gasteiger partial charge on any atom is -0.350 e. The molecular weight excluding hydrogens is 309 g/mol. The molecule has 2 aromatic heterocycles. The predicted octanol–water partition coefficient (Wildman–Crippen LogP) is 2.39. The van der Waals surface area contributed by atoms with E-state index >= 15 is 0 Å². The number of rotatable bonds is 2. The minimum atomic E-state index is 0. The van der Waals surface area contributed by atoms with Crippen LogP contribution in [0.1, 0.15) is 18.5 Å². The first-order valence-corrected chi connectivity index (χ1v) is 7.10. The van der Waals surface area contributed by atoms with Crippen molar-refractivity contribution in [1.82, 2.24) is 19.5 Å². The predicted molar refractivity (Wildman–Crippen MR) is 88.8 cm³/mol. The highest BCUT2D eigenvalue weighted by Crippen LogP contribution is 2.29. The van der Waals surface area contributed by atoms with Gasteiger partial charge in [0.25, 0.3) is 0 Å². The zero-order valence-corrected chi connectivity index (χ0v) is 13.7. The maximum absolute atomic E-state index is 4.34. The molecule has 1 N–H and O–H groups in total. The van der Waals surface area contributed by atoms with Gasteiger partial charge in [-0.3, -0.25) is 4.40 Å². The molecule has 0 amide bonds. The fraction of sp³-hybridized carbons (Fsp3) is 0.571. The molecule has 0 spiro atoms. The van der Waals surface area contributed by atoms with Gasteiger partial charge in [0.2, 0.25) is 5.95 Å². The summed E-state index contributed by atoms with van der Waals surface area (Å²) in [5.41, 5.74) is 2.11. The van der Waals surface area contributed by atoms with Gasteiger partial charge in [-0.15, -0.1) is 29.9 Å². The molecule has 2 aromatic rings. The van der Waals surface area contributed by atoms with E-state index in [1.807, 2.05) is 13.0 Å². The van der Waals surface area contributed by atoms with Crippen LogP contribution in [0.25, 0.3) is 5.52 Å². The molecule has 21 heavy (non-hydrogen) atoms. The topological polar surface area (TPSA) is 45.5 Å². The summed E-state index contributed by atoms with van der Waals surface area (Å²) in [4.78, 5) is 2.55. The summed E-state index contributed by atoms with van der Waals surface area (Å²) in [6, 6.07) is 4.66. The quantitative estimate of drug-likeness (QED) is 0.918. The molecule has 1 atom stereocenters. The lowest BCUT2D eigenvalue weighted by atomic mass is 9.84. The van der Waals surface area contributed by atoms with Crippen LogP contribution in [-0.4, -0.2) is 45.2 Å². The molecule has 3 saturated heterocycles. The van der Waals surface area contributed by atoms with Gasteiger partial charge in [-0.2, -0.15) is 5.10 Å². The molecule has 1 unspecified atom stereocenters. The van der Waals surface area contributed by atoms with E-state index in [1.54, 1.807) is 0 Å². The molecule has 5 heterocycles. The van der Waals surface area contributed by atoms with Gasteiger partial charge in [0.1, 0.15) is 0 Å². The Kier molecular flexibility index (Phi) is 4.96. The molecule has 3 aliphatic heterocycles. The highest BCUT2D eigenvalue weighted by molar-refractivity contribution is 5.85. The summed E-state index contributed by atoms with van der Waals surface area (Å²) in [5.74, 6) is 1.67. The second kappa shape index (κ2) is 6.38. The van der Waals surface area contributed by atoms with Crippen LogP contribution in [0.4, 0.5) is 5.95 Å². The van der Waals surface area contributed by atoms with Crippen LogP contribution in [-0.2, 0) is 0 Å². The monoisotopic (exact) mass is 329 g/mol. The summed E-state index contributed by atoms with van der Waals surface area (Å²) in [6.45, 7) is 5.67. The third-order valence-electron chi connectivity index (χ3n) is 4.61. The van der Waals surface area contributed by atoms with Crippen molar-refractivity contribution in [3.8, 4) is 0 Å². The number of hydrogen-bond donors (Lipinski definition) is 1. The van der Waals surface area contributed by atoms with Crippen molar-refractivity contribution < 1.29 is 0 Å². The summed E-state index contributed by atoms with van der Waals surface area (Å²) < 4.78 is 2.11. The summed E-state index contributed by atoms with van der Waals surface area (Å²) in [7, 11) is 0. The molecule has 2 bridgehead atoms. The number of halogens is 2. The van der Waals surface area contributed by atoms with Crippen molar-refractivity contribution in [3.05, 3.63) is 24.0 Å². The largest absolute Gasteiger partial charge is 0.350 e. The average molecular weight is 330 g/mol. The van der Waals surface area contributed by atoms with Crippen molar-refractivity contribution in [1.29, 1.82) is 0 Å². The van der Waals surface area contributed by atoms with Crippen LogP contribution in [0, 0.1) is 12.8 Å². The van der Waals surface area contributed by atoms with E-state index in [9.17, 15) is 0 Å². The maximum Gasteiger partial charge on any atom is 0.228 e. The van der Waals surface area contributed by atoms with Gasteiger partial charge in [-0.25, -0.2) is 0 Å². The Hall–Kier alpha value is -1.04. The summed E-state index contributed by atoms with van der Waals surface area (Å²) >= 11 is 0. The van der Waals surface area contributed by atoms with E-state index in [-0.39, 0.29) is 24.8 Å².